The second kappa shape index (κ2) is 4.41. The van der Waals surface area contributed by atoms with E-state index in [4.69, 9.17) is 5.73 Å². The standard InChI is InChI=1S/C12H14N2O2S/c1-7(15)10-4-8-2-3-9(13)5-11(8)14(10)12(16)6-17/h2-3,5,10,17H,4,6,13H2,1H3. The van der Waals surface area contributed by atoms with E-state index in [1.807, 2.05) is 6.07 Å². The monoisotopic (exact) mass is 250 g/mol. The van der Waals surface area contributed by atoms with Crippen LogP contribution in [0.4, 0.5) is 11.4 Å². The molecule has 0 fully saturated rings. The summed E-state index contributed by atoms with van der Waals surface area (Å²) in [5, 5.41) is 0. The number of thiol groups is 1. The molecule has 1 heterocycles. The van der Waals surface area contributed by atoms with E-state index in [0.29, 0.717) is 12.1 Å². The van der Waals surface area contributed by atoms with E-state index in [-0.39, 0.29) is 17.4 Å². The van der Waals surface area contributed by atoms with Crippen molar-refractivity contribution in [2.75, 3.05) is 16.4 Å². The molecule has 0 aliphatic carbocycles. The van der Waals surface area contributed by atoms with Crippen molar-refractivity contribution in [2.45, 2.75) is 19.4 Å². The van der Waals surface area contributed by atoms with Gasteiger partial charge in [0.25, 0.3) is 0 Å². The normalized spacial score (nSPS) is 18.0. The van der Waals surface area contributed by atoms with Gasteiger partial charge in [-0.1, -0.05) is 6.07 Å². The summed E-state index contributed by atoms with van der Waals surface area (Å²) in [7, 11) is 0. The predicted octanol–water partition coefficient (Wildman–Crippen LogP) is 1.05. The van der Waals surface area contributed by atoms with Gasteiger partial charge >= 0.3 is 0 Å². The van der Waals surface area contributed by atoms with E-state index in [0.717, 1.165) is 11.3 Å². The number of hydrogen-bond donors (Lipinski definition) is 2. The van der Waals surface area contributed by atoms with Crippen LogP contribution in [-0.2, 0) is 16.0 Å². The number of fused-ring (bicyclic) bond motifs is 1. The van der Waals surface area contributed by atoms with Crippen LogP contribution in [0, 0.1) is 0 Å². The van der Waals surface area contributed by atoms with Gasteiger partial charge in [-0.15, -0.1) is 0 Å². The molecule has 2 rings (SSSR count). The Kier molecular flexibility index (Phi) is 3.11. The lowest BCUT2D eigenvalue weighted by Crippen LogP contribution is -2.42. The Morgan fingerprint density at radius 2 is 2.24 bits per heavy atom. The maximum absolute atomic E-state index is 11.9. The molecule has 5 heteroatoms. The molecule has 1 amide bonds. The summed E-state index contributed by atoms with van der Waals surface area (Å²) < 4.78 is 0. The van der Waals surface area contributed by atoms with E-state index in [2.05, 4.69) is 12.6 Å². The number of hydrogen-bond acceptors (Lipinski definition) is 4. The van der Waals surface area contributed by atoms with E-state index in [9.17, 15) is 9.59 Å². The molecule has 1 unspecified atom stereocenters. The Morgan fingerprint density at radius 1 is 1.53 bits per heavy atom. The lowest BCUT2D eigenvalue weighted by Gasteiger charge is -2.23. The van der Waals surface area contributed by atoms with Gasteiger partial charge in [0.1, 0.15) is 0 Å². The van der Waals surface area contributed by atoms with Gasteiger partial charge < -0.3 is 10.6 Å². The molecule has 90 valence electrons. The van der Waals surface area contributed by atoms with Crippen LogP contribution in [0.25, 0.3) is 0 Å². The van der Waals surface area contributed by atoms with Crippen LogP contribution in [0.1, 0.15) is 12.5 Å². The molecule has 0 saturated heterocycles. The van der Waals surface area contributed by atoms with Crippen molar-refractivity contribution in [3.8, 4) is 0 Å². The van der Waals surface area contributed by atoms with Crippen LogP contribution in [0.3, 0.4) is 0 Å². The maximum atomic E-state index is 11.9. The number of rotatable bonds is 2. The molecule has 1 atom stereocenters. The average Bonchev–Trinajstić information content (AvgIpc) is 2.66. The smallest absolute Gasteiger partial charge is 0.237 e. The quantitative estimate of drug-likeness (QED) is 0.609. The van der Waals surface area contributed by atoms with Gasteiger partial charge in [-0.2, -0.15) is 12.6 Å². The van der Waals surface area contributed by atoms with Gasteiger partial charge in [0.15, 0.2) is 5.78 Å². The molecule has 0 radical (unpaired) electrons. The molecule has 0 aromatic heterocycles. The molecule has 17 heavy (non-hydrogen) atoms. The number of carbonyl (C=O) groups excluding carboxylic acids is 2. The van der Waals surface area contributed by atoms with Crippen molar-refractivity contribution in [3.63, 3.8) is 0 Å². The predicted molar refractivity (Wildman–Crippen MR) is 70.4 cm³/mol. The highest BCUT2D eigenvalue weighted by molar-refractivity contribution is 7.81. The fraction of sp³-hybridized carbons (Fsp3) is 0.333. The number of nitrogens with two attached hydrogens (primary N) is 1. The van der Waals surface area contributed by atoms with Crippen molar-refractivity contribution in [2.24, 2.45) is 0 Å². The number of benzene rings is 1. The molecular weight excluding hydrogens is 236 g/mol. The van der Waals surface area contributed by atoms with Gasteiger partial charge in [0.05, 0.1) is 11.8 Å². The Morgan fingerprint density at radius 3 is 2.82 bits per heavy atom. The Bertz CT molecular complexity index is 487. The molecular formula is C12H14N2O2S. The number of nitrogens with zero attached hydrogens (tertiary/aromatic N) is 1. The molecule has 1 aliphatic heterocycles. The molecule has 1 aromatic carbocycles. The fourth-order valence-corrected chi connectivity index (χ4v) is 2.31. The summed E-state index contributed by atoms with van der Waals surface area (Å²) in [4.78, 5) is 25.0. The number of nitrogen functional groups attached to an aromatic ring is 1. The zero-order valence-electron chi connectivity index (χ0n) is 9.51. The van der Waals surface area contributed by atoms with Gasteiger partial charge in [-0.3, -0.25) is 9.59 Å². The Hall–Kier alpha value is -1.49. The molecule has 0 spiro atoms. The highest BCUT2D eigenvalue weighted by atomic mass is 32.1. The second-order valence-corrected chi connectivity index (χ2v) is 4.46. The number of Topliss-reactive ketones (excluding diaryl/α,β-unsaturated/α-hetero) is 1. The summed E-state index contributed by atoms with van der Waals surface area (Å²) in [6.45, 7) is 1.50. The summed E-state index contributed by atoms with van der Waals surface area (Å²) in [6, 6.07) is 4.97. The molecule has 0 bridgehead atoms. The van der Waals surface area contributed by atoms with Crippen LogP contribution < -0.4 is 10.6 Å². The summed E-state index contributed by atoms with van der Waals surface area (Å²) in [5.74, 6) is -0.106. The number of anilines is 2. The zero-order chi connectivity index (χ0) is 12.6. The number of carbonyl (C=O) groups is 2. The van der Waals surface area contributed by atoms with Crippen LogP contribution in [-0.4, -0.2) is 23.5 Å². The van der Waals surface area contributed by atoms with Crippen LogP contribution >= 0.6 is 12.6 Å². The number of amides is 1. The van der Waals surface area contributed by atoms with E-state index in [1.54, 1.807) is 12.1 Å². The first kappa shape index (κ1) is 12.0. The average molecular weight is 250 g/mol. The SMILES string of the molecule is CC(=O)C1Cc2ccc(N)cc2N1C(=O)CS. The van der Waals surface area contributed by atoms with Gasteiger partial charge in [0.2, 0.25) is 5.91 Å². The van der Waals surface area contributed by atoms with Gasteiger partial charge in [-0.25, -0.2) is 0 Å². The minimum Gasteiger partial charge on any atom is -0.399 e. The molecule has 4 nitrogen and oxygen atoms in total. The first-order valence-electron chi connectivity index (χ1n) is 5.36. The summed E-state index contributed by atoms with van der Waals surface area (Å²) >= 11 is 3.98. The highest BCUT2D eigenvalue weighted by Gasteiger charge is 2.35. The molecule has 0 saturated carbocycles. The third kappa shape index (κ3) is 2.02. The van der Waals surface area contributed by atoms with Crippen molar-refractivity contribution >= 4 is 35.7 Å². The third-order valence-corrected chi connectivity index (χ3v) is 3.24. The molecule has 1 aliphatic rings. The molecule has 2 N–H and O–H groups in total. The van der Waals surface area contributed by atoms with Crippen LogP contribution in [0.15, 0.2) is 18.2 Å². The highest BCUT2D eigenvalue weighted by Crippen LogP contribution is 2.34. The van der Waals surface area contributed by atoms with E-state index < -0.39 is 6.04 Å². The van der Waals surface area contributed by atoms with Crippen molar-refractivity contribution in [1.29, 1.82) is 0 Å². The first-order valence-corrected chi connectivity index (χ1v) is 5.99. The summed E-state index contributed by atoms with van der Waals surface area (Å²) in [6.07, 6.45) is 0.560. The van der Waals surface area contributed by atoms with Crippen LogP contribution in [0.5, 0.6) is 0 Å². The minimum atomic E-state index is -0.411. The number of ketones is 1. The molecule has 1 aromatic rings. The minimum absolute atomic E-state index is 0.0186. The van der Waals surface area contributed by atoms with Crippen molar-refractivity contribution in [1.82, 2.24) is 0 Å². The lowest BCUT2D eigenvalue weighted by molar-refractivity contribution is -0.122. The Balaban J connectivity index is 2.48. The topological polar surface area (TPSA) is 63.4 Å². The van der Waals surface area contributed by atoms with E-state index >= 15 is 0 Å². The van der Waals surface area contributed by atoms with E-state index in [1.165, 1.54) is 11.8 Å². The third-order valence-electron chi connectivity index (χ3n) is 2.97. The van der Waals surface area contributed by atoms with Crippen molar-refractivity contribution in [3.05, 3.63) is 23.8 Å². The largest absolute Gasteiger partial charge is 0.399 e. The van der Waals surface area contributed by atoms with Gasteiger partial charge in [0, 0.05) is 17.8 Å². The van der Waals surface area contributed by atoms with Crippen molar-refractivity contribution < 1.29 is 9.59 Å². The second-order valence-electron chi connectivity index (χ2n) is 4.14. The zero-order valence-corrected chi connectivity index (χ0v) is 10.4. The lowest BCUT2D eigenvalue weighted by atomic mass is 10.1. The fourth-order valence-electron chi connectivity index (χ4n) is 2.16. The Labute approximate surface area is 105 Å². The van der Waals surface area contributed by atoms with Gasteiger partial charge in [-0.05, 0) is 24.6 Å². The first-order chi connectivity index (χ1) is 8.04. The van der Waals surface area contributed by atoms with Crippen LogP contribution in [0.2, 0.25) is 0 Å². The maximum Gasteiger partial charge on any atom is 0.237 e. The summed E-state index contributed by atoms with van der Waals surface area (Å²) in [5.41, 5.74) is 8.02.